The number of amides is 1. The molecule has 0 unspecified atom stereocenters. The molecule has 1 N–H and O–H groups in total. The molecule has 2 aromatic carbocycles. The normalized spacial score (nSPS) is 11.0. The van der Waals surface area contributed by atoms with Crippen molar-refractivity contribution in [3.05, 3.63) is 65.7 Å². The van der Waals surface area contributed by atoms with Crippen LogP contribution in [0.2, 0.25) is 0 Å². The van der Waals surface area contributed by atoms with Gasteiger partial charge < -0.3 is 10.1 Å². The number of benzene rings is 2. The number of nitrogens with one attached hydrogen (secondary N) is 1. The summed E-state index contributed by atoms with van der Waals surface area (Å²) in [6.45, 7) is 0.788. The molecule has 116 valence electrons. The van der Waals surface area contributed by atoms with Gasteiger partial charge in [0, 0.05) is 6.54 Å². The first kappa shape index (κ1) is 16.9. The van der Waals surface area contributed by atoms with E-state index in [-0.39, 0.29) is 6.54 Å². The highest BCUT2D eigenvalue weighted by atomic mass is 35.6. The van der Waals surface area contributed by atoms with E-state index in [0.717, 1.165) is 16.9 Å². The Morgan fingerprint density at radius 2 is 1.59 bits per heavy atom. The lowest BCUT2D eigenvalue weighted by atomic mass is 10.2. The predicted octanol–water partition coefficient (Wildman–Crippen LogP) is 4.25. The van der Waals surface area contributed by atoms with E-state index in [2.05, 4.69) is 5.32 Å². The van der Waals surface area contributed by atoms with Gasteiger partial charge in [0.25, 0.3) is 9.70 Å². The number of hydrogen-bond donors (Lipinski definition) is 1. The zero-order chi connectivity index (χ0) is 16.0. The van der Waals surface area contributed by atoms with Crippen molar-refractivity contribution in [1.82, 2.24) is 5.32 Å². The molecule has 0 aliphatic rings. The lowest BCUT2D eigenvalue weighted by molar-refractivity contribution is -0.120. The highest BCUT2D eigenvalue weighted by molar-refractivity contribution is 6.76. The van der Waals surface area contributed by atoms with Gasteiger partial charge in [-0.2, -0.15) is 0 Å². The van der Waals surface area contributed by atoms with Crippen molar-refractivity contribution in [2.24, 2.45) is 0 Å². The molecule has 22 heavy (non-hydrogen) atoms. The molecule has 0 aromatic heterocycles. The average molecular weight is 359 g/mol. The summed E-state index contributed by atoms with van der Waals surface area (Å²) in [4.78, 5) is 11.4. The van der Waals surface area contributed by atoms with Gasteiger partial charge >= 0.3 is 0 Å². The lowest BCUT2D eigenvalue weighted by Gasteiger charge is -2.12. The molecule has 3 nitrogen and oxygen atoms in total. The van der Waals surface area contributed by atoms with Crippen molar-refractivity contribution in [1.29, 1.82) is 0 Å². The molecule has 2 rings (SSSR count). The third kappa shape index (κ3) is 5.41. The van der Waals surface area contributed by atoms with Gasteiger partial charge in [-0.05, 0) is 23.3 Å². The summed E-state index contributed by atoms with van der Waals surface area (Å²) >= 11 is 16.4. The Labute approximate surface area is 144 Å². The molecule has 0 spiro atoms. The topological polar surface area (TPSA) is 38.3 Å². The van der Waals surface area contributed by atoms with E-state index in [1.165, 1.54) is 0 Å². The van der Waals surface area contributed by atoms with Crippen LogP contribution in [0.25, 0.3) is 0 Å². The minimum Gasteiger partial charge on any atom is -0.489 e. The van der Waals surface area contributed by atoms with Gasteiger partial charge in [0.1, 0.15) is 12.4 Å². The molecule has 2 aromatic rings. The van der Waals surface area contributed by atoms with Crippen LogP contribution in [0.1, 0.15) is 11.1 Å². The van der Waals surface area contributed by atoms with E-state index in [1.54, 1.807) is 0 Å². The summed E-state index contributed by atoms with van der Waals surface area (Å²) in [5, 5.41) is 2.54. The summed E-state index contributed by atoms with van der Waals surface area (Å²) in [6.07, 6.45) is 0. The van der Waals surface area contributed by atoms with Crippen LogP contribution in [0.4, 0.5) is 0 Å². The summed E-state index contributed by atoms with van der Waals surface area (Å²) in [5.74, 6) is 0.0993. The maximum atomic E-state index is 11.4. The number of rotatable bonds is 5. The Morgan fingerprint density at radius 3 is 2.18 bits per heavy atom. The fraction of sp³-hybridized carbons (Fsp3) is 0.188. The first-order chi connectivity index (χ1) is 10.4. The monoisotopic (exact) mass is 357 g/mol. The Hall–Kier alpha value is -1.42. The number of alkyl halides is 3. The van der Waals surface area contributed by atoms with Gasteiger partial charge in [-0.1, -0.05) is 77.3 Å². The van der Waals surface area contributed by atoms with Crippen LogP contribution in [0.5, 0.6) is 5.75 Å². The minimum absolute atomic E-state index is 0.283. The van der Waals surface area contributed by atoms with Crippen molar-refractivity contribution in [3.8, 4) is 5.75 Å². The predicted molar refractivity (Wildman–Crippen MR) is 89.4 cm³/mol. The zero-order valence-corrected chi connectivity index (χ0v) is 13.8. The molecule has 0 fully saturated rings. The number of hydrogen-bond acceptors (Lipinski definition) is 2. The Bertz CT molecular complexity index is 610. The van der Waals surface area contributed by atoms with Crippen LogP contribution >= 0.6 is 34.8 Å². The van der Waals surface area contributed by atoms with Crippen LogP contribution in [0.3, 0.4) is 0 Å². The molecular formula is C16H14Cl3NO2. The molecule has 0 radical (unpaired) electrons. The molecule has 0 aliphatic heterocycles. The van der Waals surface area contributed by atoms with Crippen LogP contribution in [-0.4, -0.2) is 9.70 Å². The van der Waals surface area contributed by atoms with E-state index >= 15 is 0 Å². The molecule has 0 saturated heterocycles. The van der Waals surface area contributed by atoms with Crippen LogP contribution in [0, 0.1) is 0 Å². The fourth-order valence-electron chi connectivity index (χ4n) is 1.73. The SMILES string of the molecule is O=C(NCc1ccc(OCc2ccccc2)cc1)C(Cl)(Cl)Cl. The third-order valence-electron chi connectivity index (χ3n) is 2.88. The molecule has 0 bridgehead atoms. The van der Waals surface area contributed by atoms with Gasteiger partial charge in [-0.15, -0.1) is 0 Å². The maximum absolute atomic E-state index is 11.4. The van der Waals surface area contributed by atoms with Crippen molar-refractivity contribution in [2.75, 3.05) is 0 Å². The number of carbonyl (C=O) groups excluding carboxylic acids is 1. The second-order valence-electron chi connectivity index (χ2n) is 4.60. The molecule has 0 atom stereocenters. The third-order valence-corrected chi connectivity index (χ3v) is 3.40. The summed E-state index contributed by atoms with van der Waals surface area (Å²) < 4.78 is 3.73. The molecular weight excluding hydrogens is 345 g/mol. The van der Waals surface area contributed by atoms with E-state index in [1.807, 2.05) is 54.6 Å². The first-order valence-electron chi connectivity index (χ1n) is 6.56. The quantitative estimate of drug-likeness (QED) is 0.811. The molecule has 0 heterocycles. The van der Waals surface area contributed by atoms with E-state index in [4.69, 9.17) is 39.5 Å². The molecule has 0 aliphatic carbocycles. The van der Waals surface area contributed by atoms with Gasteiger partial charge in [0.15, 0.2) is 0 Å². The fourth-order valence-corrected chi connectivity index (χ4v) is 1.93. The van der Waals surface area contributed by atoms with Gasteiger partial charge in [-0.3, -0.25) is 4.79 Å². The van der Waals surface area contributed by atoms with Crippen LogP contribution in [-0.2, 0) is 17.9 Å². The second-order valence-corrected chi connectivity index (χ2v) is 6.88. The first-order valence-corrected chi connectivity index (χ1v) is 7.69. The number of halogens is 3. The van der Waals surface area contributed by atoms with Crippen LogP contribution < -0.4 is 10.1 Å². The van der Waals surface area contributed by atoms with E-state index in [9.17, 15) is 4.79 Å². The van der Waals surface area contributed by atoms with Crippen molar-refractivity contribution in [3.63, 3.8) is 0 Å². The highest BCUT2D eigenvalue weighted by Crippen LogP contribution is 2.26. The van der Waals surface area contributed by atoms with Crippen LogP contribution in [0.15, 0.2) is 54.6 Å². The molecule has 1 amide bonds. The van der Waals surface area contributed by atoms with Crippen molar-refractivity contribution in [2.45, 2.75) is 16.9 Å². The van der Waals surface area contributed by atoms with Gasteiger partial charge in [-0.25, -0.2) is 0 Å². The highest BCUT2D eigenvalue weighted by Gasteiger charge is 2.29. The number of ether oxygens (including phenoxy) is 1. The van der Waals surface area contributed by atoms with Gasteiger partial charge in [0.05, 0.1) is 0 Å². The van der Waals surface area contributed by atoms with Crippen molar-refractivity contribution >= 4 is 40.7 Å². The smallest absolute Gasteiger partial charge is 0.272 e. The molecule has 0 saturated carbocycles. The largest absolute Gasteiger partial charge is 0.489 e. The second kappa shape index (κ2) is 7.73. The summed E-state index contributed by atoms with van der Waals surface area (Å²) in [5.41, 5.74) is 1.98. The van der Waals surface area contributed by atoms with E-state index in [0.29, 0.717) is 6.61 Å². The number of carbonyl (C=O) groups is 1. The molecule has 6 heteroatoms. The lowest BCUT2D eigenvalue weighted by Crippen LogP contribution is -2.33. The van der Waals surface area contributed by atoms with Crippen molar-refractivity contribution < 1.29 is 9.53 Å². The Balaban J connectivity index is 1.84. The maximum Gasteiger partial charge on any atom is 0.272 e. The van der Waals surface area contributed by atoms with E-state index < -0.39 is 9.70 Å². The Morgan fingerprint density at radius 1 is 0.955 bits per heavy atom. The standard InChI is InChI=1S/C16H14Cl3NO2/c17-16(18,19)15(21)20-10-12-6-8-14(9-7-12)22-11-13-4-2-1-3-5-13/h1-9H,10-11H2,(H,20,21). The zero-order valence-electron chi connectivity index (χ0n) is 11.6. The Kier molecular flexibility index (Phi) is 5.95. The average Bonchev–Trinajstić information content (AvgIpc) is 2.51. The summed E-state index contributed by atoms with van der Waals surface area (Å²) in [7, 11) is 0. The minimum atomic E-state index is -1.95. The van der Waals surface area contributed by atoms with Gasteiger partial charge in [0.2, 0.25) is 0 Å². The summed E-state index contributed by atoms with van der Waals surface area (Å²) in [6, 6.07) is 17.3.